The topological polar surface area (TPSA) is 18.5 Å². The van der Waals surface area contributed by atoms with Gasteiger partial charge in [0.05, 0.1) is 0 Å². The van der Waals surface area contributed by atoms with E-state index in [4.69, 9.17) is 0 Å². The fourth-order valence-electron chi connectivity index (χ4n) is 2.03. The number of nitrogens with zero attached hydrogens (tertiary/aromatic N) is 2. The average Bonchev–Trinajstić information content (AvgIpc) is 2.28. The maximum Gasteiger partial charge on any atom is 0.0345 e. The van der Waals surface area contributed by atoms with Crippen molar-refractivity contribution in [3.05, 3.63) is 0 Å². The Kier molecular flexibility index (Phi) is 7.45. The molecule has 1 heterocycles. The SMILES string of the molecule is CCSCCCNCC1CN(C)CCN1C. The minimum atomic E-state index is 0.692. The van der Waals surface area contributed by atoms with Gasteiger partial charge in [0, 0.05) is 32.2 Å². The summed E-state index contributed by atoms with van der Waals surface area (Å²) in [5.74, 6) is 2.54. The summed E-state index contributed by atoms with van der Waals surface area (Å²) in [6, 6.07) is 0.692. The van der Waals surface area contributed by atoms with Crippen molar-refractivity contribution in [3.63, 3.8) is 0 Å². The van der Waals surface area contributed by atoms with Crippen LogP contribution in [0, 0.1) is 0 Å². The van der Waals surface area contributed by atoms with Crippen molar-refractivity contribution in [2.24, 2.45) is 0 Å². The largest absolute Gasteiger partial charge is 0.315 e. The minimum Gasteiger partial charge on any atom is -0.315 e. The van der Waals surface area contributed by atoms with Gasteiger partial charge in [-0.05, 0) is 38.6 Å². The molecule has 0 spiro atoms. The van der Waals surface area contributed by atoms with Gasteiger partial charge in [-0.2, -0.15) is 11.8 Å². The average molecular weight is 245 g/mol. The van der Waals surface area contributed by atoms with E-state index in [1.54, 1.807) is 0 Å². The molecular formula is C12H27N3S. The molecule has 0 aromatic carbocycles. The summed E-state index contributed by atoms with van der Waals surface area (Å²) in [6.45, 7) is 8.14. The predicted octanol–water partition coefficient (Wildman–Crippen LogP) is 0.965. The predicted molar refractivity (Wildman–Crippen MR) is 74.4 cm³/mol. The first-order valence-corrected chi connectivity index (χ1v) is 7.56. The second-order valence-corrected chi connectivity index (χ2v) is 6.05. The van der Waals surface area contributed by atoms with Crippen molar-refractivity contribution < 1.29 is 0 Å². The third kappa shape index (κ3) is 5.53. The number of likely N-dealkylation sites (N-methyl/N-ethyl adjacent to an activating group) is 2. The highest BCUT2D eigenvalue weighted by molar-refractivity contribution is 7.99. The van der Waals surface area contributed by atoms with E-state index in [-0.39, 0.29) is 0 Å². The molecule has 0 saturated carbocycles. The molecule has 1 aliphatic heterocycles. The molecule has 0 aromatic heterocycles. The first-order valence-electron chi connectivity index (χ1n) is 6.41. The first kappa shape index (κ1) is 14.3. The molecule has 1 unspecified atom stereocenters. The van der Waals surface area contributed by atoms with Crippen LogP contribution in [0.3, 0.4) is 0 Å². The van der Waals surface area contributed by atoms with Crippen LogP contribution in [0.4, 0.5) is 0 Å². The van der Waals surface area contributed by atoms with Crippen LogP contribution in [-0.2, 0) is 0 Å². The maximum absolute atomic E-state index is 3.58. The highest BCUT2D eigenvalue weighted by Crippen LogP contribution is 2.05. The number of hydrogen-bond acceptors (Lipinski definition) is 4. The van der Waals surface area contributed by atoms with Gasteiger partial charge in [-0.1, -0.05) is 6.92 Å². The molecule has 0 aliphatic carbocycles. The maximum atomic E-state index is 3.58. The molecule has 1 saturated heterocycles. The molecule has 3 nitrogen and oxygen atoms in total. The molecule has 1 rings (SSSR count). The van der Waals surface area contributed by atoms with Gasteiger partial charge in [-0.25, -0.2) is 0 Å². The summed E-state index contributed by atoms with van der Waals surface area (Å²) < 4.78 is 0. The van der Waals surface area contributed by atoms with E-state index in [1.165, 1.54) is 44.1 Å². The van der Waals surface area contributed by atoms with Gasteiger partial charge in [-0.15, -0.1) is 0 Å². The van der Waals surface area contributed by atoms with E-state index in [0.717, 1.165) is 6.54 Å². The Morgan fingerprint density at radius 1 is 1.31 bits per heavy atom. The van der Waals surface area contributed by atoms with Crippen LogP contribution in [0.1, 0.15) is 13.3 Å². The smallest absolute Gasteiger partial charge is 0.0345 e. The van der Waals surface area contributed by atoms with E-state index in [0.29, 0.717) is 6.04 Å². The second kappa shape index (κ2) is 8.34. The zero-order valence-corrected chi connectivity index (χ0v) is 11.9. The number of piperazine rings is 1. The van der Waals surface area contributed by atoms with E-state index in [1.807, 2.05) is 11.8 Å². The van der Waals surface area contributed by atoms with Crippen molar-refractivity contribution in [3.8, 4) is 0 Å². The Morgan fingerprint density at radius 3 is 2.88 bits per heavy atom. The van der Waals surface area contributed by atoms with Crippen LogP contribution in [0.2, 0.25) is 0 Å². The van der Waals surface area contributed by atoms with Gasteiger partial charge in [-0.3, -0.25) is 4.90 Å². The van der Waals surface area contributed by atoms with Gasteiger partial charge in [0.2, 0.25) is 0 Å². The van der Waals surface area contributed by atoms with Gasteiger partial charge in [0.15, 0.2) is 0 Å². The van der Waals surface area contributed by atoms with Crippen molar-refractivity contribution in [1.82, 2.24) is 15.1 Å². The molecule has 1 fully saturated rings. The lowest BCUT2D eigenvalue weighted by molar-refractivity contribution is 0.113. The first-order chi connectivity index (χ1) is 7.74. The quantitative estimate of drug-likeness (QED) is 0.673. The zero-order chi connectivity index (χ0) is 11.8. The monoisotopic (exact) mass is 245 g/mol. The number of hydrogen-bond donors (Lipinski definition) is 1. The van der Waals surface area contributed by atoms with Crippen molar-refractivity contribution in [2.45, 2.75) is 19.4 Å². The van der Waals surface area contributed by atoms with Crippen molar-refractivity contribution in [1.29, 1.82) is 0 Å². The van der Waals surface area contributed by atoms with Crippen LogP contribution in [0.5, 0.6) is 0 Å². The Hall–Kier alpha value is 0.230. The van der Waals surface area contributed by atoms with Crippen LogP contribution in [0.15, 0.2) is 0 Å². The van der Waals surface area contributed by atoms with Crippen LogP contribution in [0.25, 0.3) is 0 Å². The highest BCUT2D eigenvalue weighted by atomic mass is 32.2. The fraction of sp³-hybridized carbons (Fsp3) is 1.00. The summed E-state index contributed by atoms with van der Waals surface area (Å²) in [6.07, 6.45) is 1.30. The summed E-state index contributed by atoms with van der Waals surface area (Å²) >= 11 is 2.04. The molecule has 1 aliphatic rings. The Balaban J connectivity index is 2.02. The van der Waals surface area contributed by atoms with E-state index in [9.17, 15) is 0 Å². The summed E-state index contributed by atoms with van der Waals surface area (Å²) in [5, 5.41) is 3.58. The van der Waals surface area contributed by atoms with Gasteiger partial charge in [0.1, 0.15) is 0 Å². The Bertz CT molecular complexity index is 178. The molecule has 96 valence electrons. The van der Waals surface area contributed by atoms with Gasteiger partial charge in [0.25, 0.3) is 0 Å². The zero-order valence-electron chi connectivity index (χ0n) is 11.0. The second-order valence-electron chi connectivity index (χ2n) is 4.65. The standard InChI is InChI=1S/C12H27N3S/c1-4-16-9-5-6-13-10-12-11-14(2)7-8-15(12)3/h12-13H,4-11H2,1-3H3. The molecule has 0 radical (unpaired) electrons. The molecule has 16 heavy (non-hydrogen) atoms. The van der Waals surface area contributed by atoms with E-state index < -0.39 is 0 Å². The molecule has 1 N–H and O–H groups in total. The normalized spacial score (nSPS) is 23.8. The van der Waals surface area contributed by atoms with E-state index in [2.05, 4.69) is 36.1 Å². The third-order valence-corrected chi connectivity index (χ3v) is 4.19. The molecule has 4 heteroatoms. The lowest BCUT2D eigenvalue weighted by Gasteiger charge is -2.37. The number of rotatable bonds is 7. The molecule has 0 aromatic rings. The lowest BCUT2D eigenvalue weighted by atomic mass is 10.2. The molecule has 0 amide bonds. The minimum absolute atomic E-state index is 0.692. The Morgan fingerprint density at radius 2 is 2.12 bits per heavy atom. The van der Waals surface area contributed by atoms with Crippen molar-refractivity contribution >= 4 is 11.8 Å². The molecule has 0 bridgehead atoms. The summed E-state index contributed by atoms with van der Waals surface area (Å²) in [5.41, 5.74) is 0. The lowest BCUT2D eigenvalue weighted by Crippen LogP contribution is -2.53. The highest BCUT2D eigenvalue weighted by Gasteiger charge is 2.21. The molecular weight excluding hydrogens is 218 g/mol. The Labute approximate surface area is 105 Å². The molecule has 1 atom stereocenters. The van der Waals surface area contributed by atoms with Crippen LogP contribution >= 0.6 is 11.8 Å². The number of nitrogens with one attached hydrogen (secondary N) is 1. The summed E-state index contributed by atoms with van der Waals surface area (Å²) in [7, 11) is 4.46. The van der Waals surface area contributed by atoms with Gasteiger partial charge < -0.3 is 10.2 Å². The van der Waals surface area contributed by atoms with Crippen LogP contribution in [-0.4, -0.2) is 74.2 Å². The summed E-state index contributed by atoms with van der Waals surface area (Å²) in [4.78, 5) is 4.91. The van der Waals surface area contributed by atoms with Crippen LogP contribution < -0.4 is 5.32 Å². The third-order valence-electron chi connectivity index (χ3n) is 3.21. The van der Waals surface area contributed by atoms with E-state index >= 15 is 0 Å². The fourth-order valence-corrected chi connectivity index (χ4v) is 2.67. The number of thioether (sulfide) groups is 1. The van der Waals surface area contributed by atoms with Gasteiger partial charge >= 0.3 is 0 Å². The van der Waals surface area contributed by atoms with Crippen molar-refractivity contribution in [2.75, 3.05) is 58.3 Å².